The molecule has 0 fully saturated rings. The Bertz CT molecular complexity index is 1200. The van der Waals surface area contributed by atoms with Crippen LogP contribution < -0.4 is 0 Å². The molecule has 0 spiro atoms. The Morgan fingerprint density at radius 1 is 1.07 bits per heavy atom. The van der Waals surface area contributed by atoms with Gasteiger partial charge in [0, 0.05) is 5.56 Å². The summed E-state index contributed by atoms with van der Waals surface area (Å²) in [5, 5.41) is 16.6. The van der Waals surface area contributed by atoms with E-state index in [0.717, 1.165) is 22.5 Å². The maximum atomic E-state index is 6.57. The van der Waals surface area contributed by atoms with Crippen LogP contribution in [0.15, 0.2) is 59.7 Å². The van der Waals surface area contributed by atoms with Crippen molar-refractivity contribution in [2.75, 3.05) is 0 Å². The van der Waals surface area contributed by atoms with Gasteiger partial charge in [-0.3, -0.25) is 0 Å². The summed E-state index contributed by atoms with van der Waals surface area (Å²) >= 11 is 11.9. The molecule has 0 atom stereocenters. The smallest absolute Gasteiger partial charge is 0.216 e. The number of nitrogens with zero attached hydrogens (tertiary/aromatic N) is 5. The normalized spacial score (nSPS) is 11.4. The van der Waals surface area contributed by atoms with E-state index in [1.54, 1.807) is 15.6 Å². The van der Waals surface area contributed by atoms with Crippen LogP contribution in [0.4, 0.5) is 0 Å². The molecule has 0 radical (unpaired) electrons. The number of benzene rings is 2. The summed E-state index contributed by atoms with van der Waals surface area (Å²) in [4.78, 5) is 0. The Labute approximate surface area is 172 Å². The maximum Gasteiger partial charge on any atom is 0.216 e. The minimum atomic E-state index is 0.399. The average molecular weight is 409 g/mol. The lowest BCUT2D eigenvalue weighted by atomic mass is 10.1. The number of hydrogen-bond donors (Lipinski definition) is 1. The van der Waals surface area contributed by atoms with E-state index in [1.165, 1.54) is 5.56 Å². The molecule has 1 N–H and O–H groups in total. The van der Waals surface area contributed by atoms with E-state index in [4.69, 9.17) is 23.8 Å². The van der Waals surface area contributed by atoms with E-state index < -0.39 is 0 Å². The van der Waals surface area contributed by atoms with E-state index in [-0.39, 0.29) is 0 Å². The van der Waals surface area contributed by atoms with Crippen LogP contribution in [0.25, 0.3) is 17.1 Å². The van der Waals surface area contributed by atoms with Crippen molar-refractivity contribution in [1.82, 2.24) is 24.7 Å². The fourth-order valence-electron chi connectivity index (χ4n) is 2.80. The first-order valence-corrected chi connectivity index (χ1v) is 9.42. The maximum absolute atomic E-state index is 6.57. The quantitative estimate of drug-likeness (QED) is 0.384. The number of nitrogens with one attached hydrogen (secondary N) is 1. The van der Waals surface area contributed by atoms with E-state index >= 15 is 0 Å². The molecule has 6 nitrogen and oxygen atoms in total. The van der Waals surface area contributed by atoms with Gasteiger partial charge in [-0.05, 0) is 38.2 Å². The second-order valence-corrected chi connectivity index (χ2v) is 7.06. The molecule has 4 rings (SSSR count). The van der Waals surface area contributed by atoms with Gasteiger partial charge in [0.25, 0.3) is 0 Å². The molecule has 0 aliphatic rings. The van der Waals surface area contributed by atoms with E-state index in [1.807, 2.05) is 68.4 Å². The van der Waals surface area contributed by atoms with Gasteiger partial charge in [-0.25, -0.2) is 9.78 Å². The number of H-pyrrole nitrogens is 1. The van der Waals surface area contributed by atoms with Gasteiger partial charge in [-0.1, -0.05) is 59.6 Å². The molecule has 0 aliphatic carbocycles. The molecule has 0 saturated heterocycles. The van der Waals surface area contributed by atoms with Crippen LogP contribution in [-0.2, 0) is 0 Å². The number of aryl methyl sites for hydroxylation is 2. The molecule has 0 saturated carbocycles. The molecular weight excluding hydrogens is 392 g/mol. The number of halogens is 1. The van der Waals surface area contributed by atoms with E-state index in [9.17, 15) is 0 Å². The predicted molar refractivity (Wildman–Crippen MR) is 114 cm³/mol. The van der Waals surface area contributed by atoms with Crippen molar-refractivity contribution in [3.63, 3.8) is 0 Å². The molecule has 0 amide bonds. The average Bonchev–Trinajstić information content (AvgIpc) is 3.21. The highest BCUT2D eigenvalue weighted by Gasteiger charge is 2.14. The minimum Gasteiger partial charge on any atom is -0.250 e. The number of para-hydroxylation sites is 1. The SMILES string of the molecule is Cc1ccc(-c2n[nH]c(=S)n2/N=C/c2c(C)nn(-c3ccccc3)c2Cl)cc1. The zero-order valence-corrected chi connectivity index (χ0v) is 16.9. The van der Waals surface area contributed by atoms with Gasteiger partial charge in [0.05, 0.1) is 23.2 Å². The van der Waals surface area contributed by atoms with Gasteiger partial charge >= 0.3 is 0 Å². The van der Waals surface area contributed by atoms with E-state index in [2.05, 4.69) is 20.4 Å². The Morgan fingerprint density at radius 3 is 2.50 bits per heavy atom. The Hall–Kier alpha value is -3.03. The second kappa shape index (κ2) is 7.53. The van der Waals surface area contributed by atoms with Crippen molar-refractivity contribution in [3.05, 3.63) is 81.3 Å². The van der Waals surface area contributed by atoms with Crippen LogP contribution in [0.2, 0.25) is 5.15 Å². The molecule has 0 unspecified atom stereocenters. The number of aromatic nitrogens is 5. The molecule has 8 heteroatoms. The van der Waals surface area contributed by atoms with Crippen molar-refractivity contribution in [2.24, 2.45) is 5.10 Å². The molecule has 2 aromatic carbocycles. The summed E-state index contributed by atoms with van der Waals surface area (Å²) in [5.41, 5.74) is 4.46. The lowest BCUT2D eigenvalue weighted by Crippen LogP contribution is -1.97. The summed E-state index contributed by atoms with van der Waals surface area (Å²) in [5.74, 6) is 0.630. The standard InChI is InChI=1S/C20H17ClN6S/c1-13-8-10-15(11-9-13)19-23-24-20(28)27(19)22-12-17-14(2)25-26(18(17)21)16-6-4-3-5-7-16/h3-12H,1-2H3,(H,24,28)/b22-12+. The molecule has 28 heavy (non-hydrogen) atoms. The van der Waals surface area contributed by atoms with Crippen LogP contribution >= 0.6 is 23.8 Å². The van der Waals surface area contributed by atoms with E-state index in [0.29, 0.717) is 15.7 Å². The molecule has 4 aromatic rings. The van der Waals surface area contributed by atoms with Crippen molar-refractivity contribution in [3.8, 4) is 17.1 Å². The Morgan fingerprint density at radius 2 is 1.79 bits per heavy atom. The third-order valence-electron chi connectivity index (χ3n) is 4.31. The first kappa shape index (κ1) is 18.3. The summed E-state index contributed by atoms with van der Waals surface area (Å²) in [6.45, 7) is 3.93. The first-order valence-electron chi connectivity index (χ1n) is 8.64. The zero-order valence-electron chi connectivity index (χ0n) is 15.3. The summed E-state index contributed by atoms with van der Waals surface area (Å²) < 4.78 is 3.67. The van der Waals surface area contributed by atoms with Gasteiger partial charge in [-0.2, -0.15) is 20.0 Å². The monoisotopic (exact) mass is 408 g/mol. The highest BCUT2D eigenvalue weighted by molar-refractivity contribution is 7.71. The minimum absolute atomic E-state index is 0.399. The lowest BCUT2D eigenvalue weighted by Gasteiger charge is -2.02. The van der Waals surface area contributed by atoms with Gasteiger partial charge in [0.2, 0.25) is 4.77 Å². The molecule has 2 heterocycles. The second-order valence-electron chi connectivity index (χ2n) is 6.31. The fourth-order valence-corrected chi connectivity index (χ4v) is 3.30. The highest BCUT2D eigenvalue weighted by atomic mass is 35.5. The van der Waals surface area contributed by atoms with Crippen LogP contribution in [-0.4, -0.2) is 30.9 Å². The van der Waals surface area contributed by atoms with Gasteiger partial charge < -0.3 is 0 Å². The van der Waals surface area contributed by atoms with Crippen molar-refractivity contribution >= 4 is 30.0 Å². The molecule has 0 bridgehead atoms. The third-order valence-corrected chi connectivity index (χ3v) is 4.94. The number of hydrogen-bond acceptors (Lipinski definition) is 4. The zero-order chi connectivity index (χ0) is 19.7. The lowest BCUT2D eigenvalue weighted by molar-refractivity contribution is 0.863. The third kappa shape index (κ3) is 3.42. The first-order chi connectivity index (χ1) is 13.5. The Balaban J connectivity index is 1.73. The number of aromatic amines is 1. The van der Waals surface area contributed by atoms with Crippen molar-refractivity contribution < 1.29 is 0 Å². The van der Waals surface area contributed by atoms with Gasteiger partial charge in [0.1, 0.15) is 5.15 Å². The molecule has 140 valence electrons. The Kier molecular flexibility index (Phi) is 4.93. The van der Waals surface area contributed by atoms with Crippen molar-refractivity contribution in [2.45, 2.75) is 13.8 Å². The summed E-state index contributed by atoms with van der Waals surface area (Å²) in [6.07, 6.45) is 1.66. The summed E-state index contributed by atoms with van der Waals surface area (Å²) in [6, 6.07) is 17.7. The summed E-state index contributed by atoms with van der Waals surface area (Å²) in [7, 11) is 0. The topological polar surface area (TPSA) is 63.8 Å². The van der Waals surface area contributed by atoms with Crippen LogP contribution in [0.3, 0.4) is 0 Å². The fraction of sp³-hybridized carbons (Fsp3) is 0.100. The van der Waals surface area contributed by atoms with Crippen LogP contribution in [0.1, 0.15) is 16.8 Å². The van der Waals surface area contributed by atoms with Gasteiger partial charge in [-0.15, -0.1) is 0 Å². The molecule has 2 aromatic heterocycles. The highest BCUT2D eigenvalue weighted by Crippen LogP contribution is 2.23. The predicted octanol–water partition coefficient (Wildman–Crippen LogP) is 4.95. The molecular formula is C20H17ClN6S. The van der Waals surface area contributed by atoms with Crippen LogP contribution in [0.5, 0.6) is 0 Å². The molecule has 0 aliphatic heterocycles. The number of rotatable bonds is 4. The van der Waals surface area contributed by atoms with Crippen molar-refractivity contribution in [1.29, 1.82) is 0 Å². The van der Waals surface area contributed by atoms with Crippen LogP contribution in [0, 0.1) is 18.6 Å². The largest absolute Gasteiger partial charge is 0.250 e. The van der Waals surface area contributed by atoms with Gasteiger partial charge in [0.15, 0.2) is 5.82 Å².